The second kappa shape index (κ2) is 9.75. The summed E-state index contributed by atoms with van der Waals surface area (Å²) in [5.41, 5.74) is 1.60. The number of ketones is 1. The Hall–Kier alpha value is -2.51. The van der Waals surface area contributed by atoms with Crippen LogP contribution < -0.4 is 0 Å². The number of ether oxygens (including phenoxy) is 1. The number of hydrogen-bond acceptors (Lipinski definition) is 5. The first-order chi connectivity index (χ1) is 14.4. The summed E-state index contributed by atoms with van der Waals surface area (Å²) in [6.45, 7) is 11.9. The van der Waals surface area contributed by atoms with E-state index in [0.29, 0.717) is 18.7 Å². The van der Waals surface area contributed by atoms with Gasteiger partial charge in [-0.15, -0.1) is 0 Å². The van der Waals surface area contributed by atoms with Gasteiger partial charge in [-0.25, -0.2) is 13.2 Å². The van der Waals surface area contributed by atoms with Gasteiger partial charge in [0.05, 0.1) is 10.5 Å². The number of carbonyl (C=O) groups is 2. The lowest BCUT2D eigenvalue weighted by Crippen LogP contribution is -2.30. The van der Waals surface area contributed by atoms with Crippen LogP contribution in [-0.4, -0.2) is 43.7 Å². The van der Waals surface area contributed by atoms with E-state index in [9.17, 15) is 18.0 Å². The topological polar surface area (TPSA) is 80.8 Å². The lowest BCUT2D eigenvalue weighted by atomic mass is 9.86. The SMILES string of the molecule is CCN(CC)S(=O)(=O)c1cccc(C(=O)O[C@H](C)C(=O)c2ccc(C(C)(C)C)cc2)c1. The Morgan fingerprint density at radius 1 is 0.968 bits per heavy atom. The Balaban J connectivity index is 2.17. The van der Waals surface area contributed by atoms with Crippen LogP contribution in [0, 0.1) is 0 Å². The van der Waals surface area contributed by atoms with Crippen molar-refractivity contribution in [3.05, 3.63) is 65.2 Å². The predicted molar refractivity (Wildman–Crippen MR) is 121 cm³/mol. The standard InChI is InChI=1S/C24H31NO5S/c1-7-25(8-2)31(28,29)21-11-9-10-19(16-21)23(27)30-17(3)22(26)18-12-14-20(15-13-18)24(4,5)6/h9-17H,7-8H2,1-6H3/t17-/m1/s1. The molecule has 2 aromatic rings. The Morgan fingerprint density at radius 3 is 2.06 bits per heavy atom. The number of esters is 1. The largest absolute Gasteiger partial charge is 0.451 e. The first-order valence-corrected chi connectivity index (χ1v) is 11.8. The molecule has 2 aromatic carbocycles. The zero-order chi connectivity index (χ0) is 23.4. The summed E-state index contributed by atoms with van der Waals surface area (Å²) in [6, 6.07) is 12.9. The molecule has 2 rings (SSSR count). The second-order valence-corrected chi connectivity index (χ2v) is 10.3. The van der Waals surface area contributed by atoms with Crippen molar-refractivity contribution in [3.8, 4) is 0 Å². The molecule has 0 aliphatic carbocycles. The molecule has 0 saturated carbocycles. The average Bonchev–Trinajstić information content (AvgIpc) is 2.73. The molecule has 7 heteroatoms. The molecule has 0 amide bonds. The fourth-order valence-electron chi connectivity index (χ4n) is 3.15. The van der Waals surface area contributed by atoms with E-state index in [4.69, 9.17) is 4.74 Å². The quantitative estimate of drug-likeness (QED) is 0.443. The number of hydrogen-bond donors (Lipinski definition) is 0. The number of carbonyl (C=O) groups excluding carboxylic acids is 2. The maximum absolute atomic E-state index is 12.7. The maximum atomic E-state index is 12.7. The van der Waals surface area contributed by atoms with Crippen molar-refractivity contribution in [2.45, 2.75) is 58.0 Å². The van der Waals surface area contributed by atoms with Crippen LogP contribution in [0.3, 0.4) is 0 Å². The molecule has 0 bridgehead atoms. The molecule has 1 atom stereocenters. The fourth-order valence-corrected chi connectivity index (χ4v) is 4.65. The number of benzene rings is 2. The molecule has 31 heavy (non-hydrogen) atoms. The molecule has 168 valence electrons. The summed E-state index contributed by atoms with van der Waals surface area (Å²) < 4.78 is 32.0. The summed E-state index contributed by atoms with van der Waals surface area (Å²) in [5, 5.41) is 0. The molecule has 0 aliphatic heterocycles. The highest BCUT2D eigenvalue weighted by atomic mass is 32.2. The summed E-state index contributed by atoms with van der Waals surface area (Å²) in [6.07, 6.45) is -1.00. The van der Waals surface area contributed by atoms with Gasteiger partial charge in [0.15, 0.2) is 6.10 Å². The minimum Gasteiger partial charge on any atom is -0.451 e. The van der Waals surface area contributed by atoms with Crippen molar-refractivity contribution in [1.82, 2.24) is 4.31 Å². The molecular weight excluding hydrogens is 414 g/mol. The Bertz CT molecular complexity index is 1030. The van der Waals surface area contributed by atoms with Gasteiger partial charge in [-0.05, 0) is 36.1 Å². The van der Waals surface area contributed by atoms with Gasteiger partial charge in [0.2, 0.25) is 15.8 Å². The summed E-state index contributed by atoms with van der Waals surface area (Å²) in [4.78, 5) is 25.3. The molecule has 0 aliphatic rings. The first-order valence-electron chi connectivity index (χ1n) is 10.4. The zero-order valence-corrected chi connectivity index (χ0v) is 19.8. The van der Waals surface area contributed by atoms with Crippen molar-refractivity contribution >= 4 is 21.8 Å². The number of nitrogens with zero attached hydrogens (tertiary/aromatic N) is 1. The van der Waals surface area contributed by atoms with Crippen LogP contribution in [0.15, 0.2) is 53.4 Å². The predicted octanol–water partition coefficient (Wildman–Crippen LogP) is 4.44. The maximum Gasteiger partial charge on any atom is 0.338 e. The van der Waals surface area contributed by atoms with Gasteiger partial charge >= 0.3 is 5.97 Å². The molecule has 0 aromatic heterocycles. The van der Waals surface area contributed by atoms with Crippen molar-refractivity contribution in [2.24, 2.45) is 0 Å². The highest BCUT2D eigenvalue weighted by molar-refractivity contribution is 7.89. The Labute approximate surface area is 185 Å². The third-order valence-corrected chi connectivity index (χ3v) is 7.15. The van der Waals surface area contributed by atoms with Crippen LogP contribution in [0.2, 0.25) is 0 Å². The summed E-state index contributed by atoms with van der Waals surface area (Å²) >= 11 is 0. The molecule has 0 fully saturated rings. The molecule has 0 heterocycles. The second-order valence-electron chi connectivity index (χ2n) is 8.36. The van der Waals surface area contributed by atoms with Crippen LogP contribution in [0.5, 0.6) is 0 Å². The van der Waals surface area contributed by atoms with Gasteiger partial charge < -0.3 is 4.74 Å². The molecular formula is C24H31NO5S. The molecule has 0 saturated heterocycles. The van der Waals surface area contributed by atoms with E-state index in [1.807, 2.05) is 12.1 Å². The third kappa shape index (κ3) is 5.80. The van der Waals surface area contributed by atoms with Crippen molar-refractivity contribution in [3.63, 3.8) is 0 Å². The third-order valence-electron chi connectivity index (χ3n) is 5.10. The van der Waals surface area contributed by atoms with Crippen LogP contribution in [-0.2, 0) is 20.2 Å². The van der Waals surface area contributed by atoms with E-state index < -0.39 is 22.1 Å². The van der Waals surface area contributed by atoms with Gasteiger partial charge in [0.1, 0.15) is 0 Å². The van der Waals surface area contributed by atoms with Gasteiger partial charge in [-0.1, -0.05) is 65.0 Å². The minimum atomic E-state index is -3.70. The lowest BCUT2D eigenvalue weighted by molar-refractivity contribution is 0.0318. The fraction of sp³-hybridized carbons (Fsp3) is 0.417. The van der Waals surface area contributed by atoms with Crippen LogP contribution in [0.25, 0.3) is 0 Å². The zero-order valence-electron chi connectivity index (χ0n) is 19.0. The first kappa shape index (κ1) is 24.8. The molecule has 6 nitrogen and oxygen atoms in total. The smallest absolute Gasteiger partial charge is 0.338 e. The molecule has 0 spiro atoms. The lowest BCUT2D eigenvalue weighted by Gasteiger charge is -2.20. The monoisotopic (exact) mass is 445 g/mol. The van der Waals surface area contributed by atoms with E-state index in [0.717, 1.165) is 5.56 Å². The van der Waals surface area contributed by atoms with Gasteiger partial charge in [-0.3, -0.25) is 4.79 Å². The van der Waals surface area contributed by atoms with Crippen molar-refractivity contribution in [1.29, 1.82) is 0 Å². The number of sulfonamides is 1. The highest BCUT2D eigenvalue weighted by Gasteiger charge is 2.25. The van der Waals surface area contributed by atoms with Crippen molar-refractivity contribution in [2.75, 3.05) is 13.1 Å². The summed E-state index contributed by atoms with van der Waals surface area (Å²) in [7, 11) is -3.70. The number of rotatable bonds is 8. The van der Waals surface area contributed by atoms with Crippen LogP contribution in [0.1, 0.15) is 67.8 Å². The van der Waals surface area contributed by atoms with Crippen LogP contribution in [0.4, 0.5) is 0 Å². The van der Waals surface area contributed by atoms with Gasteiger partial charge in [0, 0.05) is 18.7 Å². The van der Waals surface area contributed by atoms with E-state index in [1.54, 1.807) is 26.0 Å². The average molecular weight is 446 g/mol. The Morgan fingerprint density at radius 2 is 1.55 bits per heavy atom. The normalized spacial score (nSPS) is 13.1. The number of Topliss-reactive ketones (excluding diaryl/α,β-unsaturated/α-hetero) is 1. The van der Waals surface area contributed by atoms with E-state index in [-0.39, 0.29) is 21.7 Å². The molecule has 0 N–H and O–H groups in total. The van der Waals surface area contributed by atoms with Gasteiger partial charge in [-0.2, -0.15) is 4.31 Å². The highest BCUT2D eigenvalue weighted by Crippen LogP contribution is 2.23. The summed E-state index contributed by atoms with van der Waals surface area (Å²) in [5.74, 6) is -1.07. The van der Waals surface area contributed by atoms with E-state index >= 15 is 0 Å². The molecule has 0 radical (unpaired) electrons. The van der Waals surface area contributed by atoms with Crippen LogP contribution >= 0.6 is 0 Å². The van der Waals surface area contributed by atoms with E-state index in [1.165, 1.54) is 35.5 Å². The molecule has 0 unspecified atom stereocenters. The minimum absolute atomic E-state index is 0.0161. The Kier molecular flexibility index (Phi) is 7.78. The van der Waals surface area contributed by atoms with Crippen molar-refractivity contribution < 1.29 is 22.7 Å². The van der Waals surface area contributed by atoms with E-state index in [2.05, 4.69) is 20.8 Å². The van der Waals surface area contributed by atoms with Gasteiger partial charge in [0.25, 0.3) is 0 Å².